The second-order valence-electron chi connectivity index (χ2n) is 10.3. The second-order valence-corrected chi connectivity index (χ2v) is 12.4. The topological polar surface area (TPSA) is 165 Å². The summed E-state index contributed by atoms with van der Waals surface area (Å²) in [7, 11) is -0.720. The molecular formula is C25H31FN8O6S. The Kier molecular flexibility index (Phi) is 7.67. The summed E-state index contributed by atoms with van der Waals surface area (Å²) < 4.78 is 50.4. The van der Waals surface area contributed by atoms with E-state index >= 15 is 0 Å². The number of fused-ring (bicyclic) bond motifs is 2. The van der Waals surface area contributed by atoms with E-state index in [1.807, 2.05) is 0 Å². The van der Waals surface area contributed by atoms with Gasteiger partial charge in [0.05, 0.1) is 30.9 Å². The summed E-state index contributed by atoms with van der Waals surface area (Å²) in [6, 6.07) is 4.00. The fraction of sp³-hybridized carbons (Fsp3) is 0.480. The number of halogens is 1. The van der Waals surface area contributed by atoms with E-state index in [4.69, 9.17) is 4.74 Å². The number of nitrogens with zero attached hydrogens (tertiary/aromatic N) is 7. The van der Waals surface area contributed by atoms with Crippen molar-refractivity contribution in [1.29, 1.82) is 0 Å². The van der Waals surface area contributed by atoms with Crippen LogP contribution >= 0.6 is 0 Å². The van der Waals surface area contributed by atoms with Gasteiger partial charge >= 0.3 is 0 Å². The zero-order valence-corrected chi connectivity index (χ0v) is 23.7. The van der Waals surface area contributed by atoms with Crippen molar-refractivity contribution in [2.24, 2.45) is 0 Å². The summed E-state index contributed by atoms with van der Waals surface area (Å²) in [6.45, 7) is 2.43. The molecule has 2 aliphatic rings. The van der Waals surface area contributed by atoms with Crippen molar-refractivity contribution in [2.75, 3.05) is 40.4 Å². The summed E-state index contributed by atoms with van der Waals surface area (Å²) in [6.07, 6.45) is 1.93. The fourth-order valence-electron chi connectivity index (χ4n) is 5.23. The monoisotopic (exact) mass is 590 g/mol. The maximum Gasteiger partial charge on any atom is 0.296 e. The first-order valence-electron chi connectivity index (χ1n) is 13.0. The molecule has 5 rings (SSSR count). The van der Waals surface area contributed by atoms with E-state index in [2.05, 4.69) is 20.4 Å². The third-order valence-corrected chi connectivity index (χ3v) is 9.51. The van der Waals surface area contributed by atoms with Crippen LogP contribution in [0, 0.1) is 12.7 Å². The number of amides is 1. The summed E-state index contributed by atoms with van der Waals surface area (Å²) in [5.74, 6) is -1.33. The summed E-state index contributed by atoms with van der Waals surface area (Å²) in [5, 5.41) is 17.5. The standard InChI is InChI=1S/C25H31FN8O6S/c1-16-28-15-29-34(16)19-12-18(26)5-4-17(19)13-27-22(36)20-21(35)23(37)33-10-11-40-14-25(24(33)30-20)6-8-32(9-7-25)41(38,39)31(2)3/h4-5,12,15,35H,6-11,13-14H2,1-3H3,(H,27,36). The molecule has 0 saturated carbocycles. The number of piperidine rings is 1. The molecule has 0 bridgehead atoms. The Hall–Kier alpha value is -3.73. The molecule has 220 valence electrons. The number of hydrogen-bond donors (Lipinski definition) is 2. The van der Waals surface area contributed by atoms with Gasteiger partial charge in [0.2, 0.25) is 5.75 Å². The van der Waals surface area contributed by atoms with Crippen molar-refractivity contribution < 1.29 is 27.4 Å². The van der Waals surface area contributed by atoms with E-state index in [1.165, 1.54) is 52.2 Å². The van der Waals surface area contributed by atoms with Gasteiger partial charge in [-0.15, -0.1) is 0 Å². The average Bonchev–Trinajstić information content (AvgIpc) is 3.29. The molecule has 1 saturated heterocycles. The van der Waals surface area contributed by atoms with Crippen molar-refractivity contribution in [3.8, 4) is 11.4 Å². The molecule has 41 heavy (non-hydrogen) atoms. The van der Waals surface area contributed by atoms with Crippen LogP contribution in [0.1, 0.15) is 40.5 Å². The Balaban J connectivity index is 1.45. The molecule has 4 heterocycles. The Morgan fingerprint density at radius 3 is 2.63 bits per heavy atom. The number of nitrogens with one attached hydrogen (secondary N) is 1. The predicted molar refractivity (Wildman–Crippen MR) is 143 cm³/mol. The maximum absolute atomic E-state index is 14.1. The molecule has 2 N–H and O–H groups in total. The van der Waals surface area contributed by atoms with Gasteiger partial charge in [-0.3, -0.25) is 14.2 Å². The van der Waals surface area contributed by atoms with Gasteiger partial charge in [0.25, 0.3) is 21.7 Å². The Labute approximate surface area is 235 Å². The van der Waals surface area contributed by atoms with Crippen LogP contribution in [0.3, 0.4) is 0 Å². The van der Waals surface area contributed by atoms with E-state index in [0.717, 1.165) is 4.31 Å². The van der Waals surface area contributed by atoms with Crippen molar-refractivity contribution >= 4 is 16.1 Å². The highest BCUT2D eigenvalue weighted by atomic mass is 32.2. The predicted octanol–water partition coefficient (Wildman–Crippen LogP) is 0.0773. The van der Waals surface area contributed by atoms with Gasteiger partial charge in [-0.25, -0.2) is 19.0 Å². The minimum absolute atomic E-state index is 0.0844. The first kappa shape index (κ1) is 28.8. The van der Waals surface area contributed by atoms with Crippen molar-refractivity contribution in [1.82, 2.24) is 38.2 Å². The summed E-state index contributed by atoms with van der Waals surface area (Å²) in [5.41, 5.74) is -1.19. The lowest BCUT2D eigenvalue weighted by Gasteiger charge is -2.40. The quantitative estimate of drug-likeness (QED) is 0.404. The zero-order chi connectivity index (χ0) is 29.5. The molecule has 3 aromatic rings. The molecule has 14 nitrogen and oxygen atoms in total. The minimum Gasteiger partial charge on any atom is -0.501 e. The van der Waals surface area contributed by atoms with Gasteiger partial charge in [0.1, 0.15) is 23.8 Å². The average molecular weight is 591 g/mol. The smallest absolute Gasteiger partial charge is 0.296 e. The van der Waals surface area contributed by atoms with Crippen LogP contribution in [-0.4, -0.2) is 92.8 Å². The van der Waals surface area contributed by atoms with E-state index in [9.17, 15) is 27.5 Å². The normalized spacial score (nSPS) is 17.4. The van der Waals surface area contributed by atoms with E-state index in [0.29, 0.717) is 29.9 Å². The van der Waals surface area contributed by atoms with Crippen LogP contribution in [0.15, 0.2) is 29.3 Å². The first-order chi connectivity index (χ1) is 19.4. The molecular weight excluding hydrogens is 559 g/mol. The van der Waals surface area contributed by atoms with Crippen LogP contribution in [-0.2, 0) is 33.5 Å². The summed E-state index contributed by atoms with van der Waals surface area (Å²) in [4.78, 5) is 35.1. The van der Waals surface area contributed by atoms with Gasteiger partial charge in [0, 0.05) is 33.7 Å². The molecule has 1 spiro atoms. The number of aryl methyl sites for hydroxylation is 1. The lowest BCUT2D eigenvalue weighted by Crippen LogP contribution is -2.51. The molecule has 0 radical (unpaired) electrons. The van der Waals surface area contributed by atoms with Gasteiger partial charge in [-0.1, -0.05) is 6.07 Å². The highest BCUT2D eigenvalue weighted by Crippen LogP contribution is 2.37. The number of aromatic hydroxyl groups is 1. The Morgan fingerprint density at radius 1 is 1.24 bits per heavy atom. The minimum atomic E-state index is -3.64. The number of carbonyl (C=O) groups excluding carboxylic acids is 1. The van der Waals surface area contributed by atoms with Crippen molar-refractivity contribution in [3.05, 3.63) is 63.6 Å². The SMILES string of the molecule is Cc1ncnn1-c1cc(F)ccc1CNC(=O)c1nc2n(c(=O)c1O)CCOCC21CCN(S(=O)(=O)N(C)C)CC1. The number of carbonyl (C=O) groups is 1. The van der Waals surface area contributed by atoms with Crippen LogP contribution < -0.4 is 10.9 Å². The van der Waals surface area contributed by atoms with Gasteiger partial charge in [0.15, 0.2) is 5.69 Å². The lowest BCUT2D eigenvalue weighted by molar-refractivity contribution is 0.0649. The molecule has 1 fully saturated rings. The van der Waals surface area contributed by atoms with Crippen molar-refractivity contribution in [2.45, 2.75) is 38.3 Å². The Bertz CT molecular complexity index is 1650. The molecule has 0 aliphatic carbocycles. The molecule has 1 amide bonds. The van der Waals surface area contributed by atoms with Crippen LogP contribution in [0.2, 0.25) is 0 Å². The highest BCUT2D eigenvalue weighted by Gasteiger charge is 2.45. The molecule has 16 heteroatoms. The maximum atomic E-state index is 14.1. The molecule has 1 aromatic carbocycles. The van der Waals surface area contributed by atoms with Gasteiger partial charge in [-0.2, -0.15) is 22.1 Å². The number of hydrogen-bond acceptors (Lipinski definition) is 9. The third kappa shape index (κ3) is 5.23. The van der Waals surface area contributed by atoms with Crippen LogP contribution in [0.25, 0.3) is 5.69 Å². The van der Waals surface area contributed by atoms with Crippen LogP contribution in [0.5, 0.6) is 5.75 Å². The molecule has 2 aromatic heterocycles. The number of aromatic nitrogens is 5. The van der Waals surface area contributed by atoms with Crippen molar-refractivity contribution in [3.63, 3.8) is 0 Å². The van der Waals surface area contributed by atoms with Gasteiger partial charge in [-0.05, 0) is 37.5 Å². The summed E-state index contributed by atoms with van der Waals surface area (Å²) >= 11 is 0. The van der Waals surface area contributed by atoms with Crippen LogP contribution in [0.4, 0.5) is 4.39 Å². The first-order valence-corrected chi connectivity index (χ1v) is 14.4. The third-order valence-electron chi connectivity index (χ3n) is 7.57. The fourth-order valence-corrected chi connectivity index (χ4v) is 6.33. The largest absolute Gasteiger partial charge is 0.501 e. The van der Waals surface area contributed by atoms with E-state index in [1.54, 1.807) is 6.92 Å². The highest BCUT2D eigenvalue weighted by molar-refractivity contribution is 7.86. The second kappa shape index (κ2) is 10.9. The molecule has 0 unspecified atom stereocenters. The Morgan fingerprint density at radius 2 is 1.98 bits per heavy atom. The number of benzene rings is 1. The number of ether oxygens (including phenoxy) is 1. The van der Waals surface area contributed by atoms with E-state index < -0.39 is 44.4 Å². The number of rotatable bonds is 6. The lowest BCUT2D eigenvalue weighted by atomic mass is 9.78. The molecule has 2 aliphatic heterocycles. The zero-order valence-electron chi connectivity index (χ0n) is 22.9. The van der Waals surface area contributed by atoms with E-state index in [-0.39, 0.29) is 45.2 Å². The van der Waals surface area contributed by atoms with Gasteiger partial charge < -0.3 is 15.2 Å². The molecule has 0 atom stereocenters.